The Morgan fingerprint density at radius 3 is 2.14 bits per heavy atom. The molecule has 19 heteroatoms. The Labute approximate surface area is 413 Å². The Morgan fingerprint density at radius 2 is 1.52 bits per heavy atom. The van der Waals surface area contributed by atoms with Crippen molar-refractivity contribution < 1.29 is 83.3 Å². The highest BCUT2D eigenvalue weighted by atomic mass is 35.5. The molecule has 0 saturated carbocycles. The molecular weight excluding hydrogens is 943 g/mol. The van der Waals surface area contributed by atoms with E-state index in [4.69, 9.17) is 56.4 Å². The fraction of sp³-hybridized carbons (Fsp3) is 0.620. The zero-order valence-corrected chi connectivity index (χ0v) is 42.4. The zero-order chi connectivity index (χ0) is 51.7. The quantitative estimate of drug-likeness (QED) is 0.0831. The number of carbonyl (C=O) groups is 3. The smallest absolute Gasteiger partial charge is 0.342 e. The van der Waals surface area contributed by atoms with Gasteiger partial charge < -0.3 is 68.9 Å². The number of aromatic hydroxyl groups is 2. The molecule has 0 aromatic heterocycles. The second kappa shape index (κ2) is 25.6. The number of esters is 2. The van der Waals surface area contributed by atoms with E-state index in [0.717, 1.165) is 0 Å². The van der Waals surface area contributed by atoms with Crippen LogP contribution in [0.3, 0.4) is 0 Å². The van der Waals surface area contributed by atoms with Crippen molar-refractivity contribution in [2.24, 2.45) is 5.92 Å². The number of carbonyl (C=O) groups excluding carboxylic acids is 3. The van der Waals surface area contributed by atoms with Crippen LogP contribution in [-0.4, -0.2) is 146 Å². The summed E-state index contributed by atoms with van der Waals surface area (Å²) in [7, 11) is 0. The van der Waals surface area contributed by atoms with Gasteiger partial charge in [-0.1, -0.05) is 80.8 Å². The van der Waals surface area contributed by atoms with Crippen LogP contribution in [0.1, 0.15) is 111 Å². The highest BCUT2D eigenvalue weighted by molar-refractivity contribution is 6.39. The summed E-state index contributed by atoms with van der Waals surface area (Å²) < 4.78 is 41.7. The highest BCUT2D eigenvalue weighted by Crippen LogP contribution is 2.45. The van der Waals surface area contributed by atoms with E-state index in [1.807, 2.05) is 39.8 Å². The molecule has 1 aromatic rings. The topological polar surface area (TPSA) is 257 Å². The number of aliphatic hydroxyl groups excluding tert-OH is 5. The van der Waals surface area contributed by atoms with Gasteiger partial charge in [-0.15, -0.1) is 0 Å². The van der Waals surface area contributed by atoms with Crippen molar-refractivity contribution in [1.29, 1.82) is 0 Å². The zero-order valence-electron chi connectivity index (χ0n) is 40.9. The van der Waals surface area contributed by atoms with Crippen LogP contribution in [0.25, 0.3) is 0 Å². The lowest BCUT2D eigenvalue weighted by molar-refractivity contribution is -0.336. The number of phenolic OH excluding ortho intramolecular Hbond substituents is 2. The average Bonchev–Trinajstić information content (AvgIpc) is 3.30. The number of ether oxygens (including phenoxy) is 7. The molecule has 0 radical (unpaired) electrons. The highest BCUT2D eigenvalue weighted by Gasteiger charge is 2.51. The van der Waals surface area contributed by atoms with Gasteiger partial charge in [-0.2, -0.15) is 0 Å². The number of phenols is 2. The largest absolute Gasteiger partial charge is 0.505 e. The normalized spacial score (nSPS) is 35.1. The van der Waals surface area contributed by atoms with Crippen LogP contribution in [0.15, 0.2) is 58.7 Å². The summed E-state index contributed by atoms with van der Waals surface area (Å²) in [5.41, 5.74) is 0.414. The van der Waals surface area contributed by atoms with Gasteiger partial charge in [0.05, 0.1) is 41.1 Å². The molecule has 69 heavy (non-hydrogen) atoms. The number of rotatable bonds is 14. The van der Waals surface area contributed by atoms with Crippen molar-refractivity contribution in [3.05, 3.63) is 79.9 Å². The van der Waals surface area contributed by atoms with Crippen LogP contribution in [0.5, 0.6) is 11.5 Å². The van der Waals surface area contributed by atoms with Gasteiger partial charge in [0, 0.05) is 12.3 Å². The summed E-state index contributed by atoms with van der Waals surface area (Å²) in [6.07, 6.45) is -4.04. The SMILES string of the molecule is CCC(=O)CO[C@H]1[C@H](O)[C@H](O)[C@H](O[C@H]2/C(C)=C/C(C)=C/C(CC)OC(=O)/C(CO[C@@H]3O[C@H](C)C(OC(=O)c4c(O)c(Cl)c(O)c(Cl)c4CC)[C@H](O)[C@@H]3O)=C/C=C/CC(O)/C(C)=C/[C@@H]2CC)OC1(C)C. The van der Waals surface area contributed by atoms with Gasteiger partial charge in [-0.3, -0.25) is 4.79 Å². The number of Topliss-reactive ketones (excluding diaryl/α,β-unsaturated/α-hetero) is 1. The van der Waals surface area contributed by atoms with Crippen molar-refractivity contribution in [3.8, 4) is 11.5 Å². The van der Waals surface area contributed by atoms with E-state index in [1.54, 1.807) is 52.8 Å². The van der Waals surface area contributed by atoms with E-state index in [1.165, 1.54) is 13.0 Å². The lowest BCUT2D eigenvalue weighted by Crippen LogP contribution is -2.64. The Balaban J connectivity index is 1.57. The molecule has 3 aliphatic rings. The number of allylic oxidation sites excluding steroid dienone is 4. The molecule has 7 N–H and O–H groups in total. The third-order valence-corrected chi connectivity index (χ3v) is 13.2. The molecule has 386 valence electrons. The van der Waals surface area contributed by atoms with Crippen molar-refractivity contribution in [2.45, 2.75) is 181 Å². The van der Waals surface area contributed by atoms with Gasteiger partial charge in [0.15, 0.2) is 36.0 Å². The van der Waals surface area contributed by atoms with Crippen LogP contribution < -0.4 is 0 Å². The number of hydrogen-bond donors (Lipinski definition) is 7. The van der Waals surface area contributed by atoms with Gasteiger partial charge in [0.1, 0.15) is 53.8 Å². The van der Waals surface area contributed by atoms with E-state index < -0.39 is 120 Å². The monoisotopic (exact) mass is 1010 g/mol. The van der Waals surface area contributed by atoms with E-state index in [2.05, 4.69) is 0 Å². The molecule has 0 spiro atoms. The summed E-state index contributed by atoms with van der Waals surface area (Å²) in [5, 5.41) is 76.2. The molecular formula is C50H70Cl2O17. The number of aliphatic hydroxyl groups is 5. The second-order valence-corrected chi connectivity index (χ2v) is 18.9. The van der Waals surface area contributed by atoms with Crippen LogP contribution >= 0.6 is 23.2 Å². The summed E-state index contributed by atoms with van der Waals surface area (Å²) in [5.74, 6) is -3.87. The fourth-order valence-corrected chi connectivity index (χ4v) is 8.91. The maximum atomic E-state index is 13.9. The predicted octanol–water partition coefficient (Wildman–Crippen LogP) is 6.02. The van der Waals surface area contributed by atoms with Crippen molar-refractivity contribution in [2.75, 3.05) is 13.2 Å². The fourth-order valence-electron chi connectivity index (χ4n) is 8.35. The predicted molar refractivity (Wildman–Crippen MR) is 255 cm³/mol. The molecule has 0 aliphatic carbocycles. The minimum absolute atomic E-state index is 0.0102. The first kappa shape index (κ1) is 57.9. The second-order valence-electron chi connectivity index (χ2n) is 18.2. The molecule has 0 amide bonds. The maximum absolute atomic E-state index is 13.9. The van der Waals surface area contributed by atoms with Crippen LogP contribution in [-0.2, 0) is 49.2 Å². The molecule has 2 fully saturated rings. The van der Waals surface area contributed by atoms with Crippen molar-refractivity contribution in [3.63, 3.8) is 0 Å². The Bertz CT molecular complexity index is 2130. The molecule has 13 atom stereocenters. The number of benzene rings is 1. The minimum Gasteiger partial charge on any atom is -0.505 e. The van der Waals surface area contributed by atoms with Gasteiger partial charge in [-0.25, -0.2) is 9.59 Å². The average molecular weight is 1010 g/mol. The van der Waals surface area contributed by atoms with Crippen molar-refractivity contribution in [1.82, 2.24) is 0 Å². The van der Waals surface area contributed by atoms with E-state index in [9.17, 15) is 50.1 Å². The first-order valence-electron chi connectivity index (χ1n) is 23.3. The first-order valence-corrected chi connectivity index (χ1v) is 24.1. The maximum Gasteiger partial charge on any atom is 0.342 e. The van der Waals surface area contributed by atoms with Crippen molar-refractivity contribution >= 4 is 40.9 Å². The molecule has 3 unspecified atom stereocenters. The molecule has 0 bridgehead atoms. The summed E-state index contributed by atoms with van der Waals surface area (Å²) in [4.78, 5) is 39.3. The third-order valence-electron chi connectivity index (χ3n) is 12.5. The number of hydrogen-bond acceptors (Lipinski definition) is 17. The first-order chi connectivity index (χ1) is 32.4. The third kappa shape index (κ3) is 14.3. The van der Waals surface area contributed by atoms with E-state index in [-0.39, 0.29) is 53.7 Å². The number of cyclic esters (lactones) is 1. The summed E-state index contributed by atoms with van der Waals surface area (Å²) in [6.45, 7) is 16.6. The molecule has 3 heterocycles. The van der Waals surface area contributed by atoms with Gasteiger partial charge in [0.25, 0.3) is 0 Å². The Morgan fingerprint density at radius 1 is 0.855 bits per heavy atom. The van der Waals surface area contributed by atoms with Crippen LogP contribution in [0.4, 0.5) is 0 Å². The van der Waals surface area contributed by atoms with E-state index in [0.29, 0.717) is 29.6 Å². The number of ketones is 1. The Hall–Kier alpha value is -3.69. The molecule has 4 rings (SSSR count). The summed E-state index contributed by atoms with van der Waals surface area (Å²) >= 11 is 12.2. The van der Waals surface area contributed by atoms with Gasteiger partial charge in [-0.05, 0) is 96.1 Å². The Kier molecular flexibility index (Phi) is 21.5. The summed E-state index contributed by atoms with van der Waals surface area (Å²) in [6, 6.07) is 0. The van der Waals surface area contributed by atoms with Gasteiger partial charge >= 0.3 is 11.9 Å². The molecule has 2 saturated heterocycles. The van der Waals surface area contributed by atoms with Crippen LogP contribution in [0, 0.1) is 5.92 Å². The van der Waals surface area contributed by atoms with E-state index >= 15 is 0 Å². The van der Waals surface area contributed by atoms with Gasteiger partial charge in [0.2, 0.25) is 0 Å². The molecule has 3 aliphatic heterocycles. The minimum atomic E-state index is -1.81. The lowest BCUT2D eigenvalue weighted by atomic mass is 9.88. The standard InChI is InChI=1S/C50H70Cl2O17/c1-11-28-21-25(6)33(54)18-16-15-17-29(22-64-48-41(59)39(57)44(27(8)65-48)67-47(62)34-32(14-4)35(51)38(56)36(52)37(34)55)46(61)66-31(13-3)20-24(5)19-26(7)43(28)68-49-42(60)40(58)45(50(9,10)69-49)63-23-30(53)12-2/h15-17,19-21,27-28,31,33,39-45,48-49,54-60H,11-14,18,22-23H2,1-10H3/b16-15+,24-20+,25-21+,26-19+,29-17+/t27-,28+,31?,33?,39-,40-,41+,42+,43+,44?,45+,48-,49-/m1/s1. The number of halogens is 2. The molecule has 17 nitrogen and oxygen atoms in total. The van der Waals surface area contributed by atoms with Crippen LogP contribution in [0.2, 0.25) is 10.0 Å². The molecule has 1 aromatic carbocycles. The lowest BCUT2D eigenvalue weighted by Gasteiger charge is -2.48.